The van der Waals surface area contributed by atoms with E-state index < -0.39 is 11.9 Å². The van der Waals surface area contributed by atoms with Crippen molar-refractivity contribution in [3.63, 3.8) is 0 Å². The van der Waals surface area contributed by atoms with Crippen molar-refractivity contribution in [2.75, 3.05) is 0 Å². The van der Waals surface area contributed by atoms with E-state index in [1.165, 1.54) is 0 Å². The van der Waals surface area contributed by atoms with Gasteiger partial charge in [-0.1, -0.05) is 53.7 Å². The van der Waals surface area contributed by atoms with E-state index in [0.717, 1.165) is 33.2 Å². The van der Waals surface area contributed by atoms with E-state index in [1.54, 1.807) is 36.4 Å². The molecule has 4 aromatic heterocycles. The van der Waals surface area contributed by atoms with Crippen molar-refractivity contribution < 1.29 is 29.3 Å². The van der Waals surface area contributed by atoms with Gasteiger partial charge >= 0.3 is 11.9 Å². The number of ether oxygens (including phenoxy) is 2. The maximum absolute atomic E-state index is 12.6. The van der Waals surface area contributed by atoms with Crippen molar-refractivity contribution in [3.05, 3.63) is 83.9 Å². The van der Waals surface area contributed by atoms with Crippen LogP contribution in [0.5, 0.6) is 23.0 Å². The van der Waals surface area contributed by atoms with Gasteiger partial charge in [0.25, 0.3) is 0 Å². The van der Waals surface area contributed by atoms with E-state index in [2.05, 4.69) is 41.5 Å². The zero-order chi connectivity index (χ0) is 33.9. The van der Waals surface area contributed by atoms with Gasteiger partial charge in [-0.3, -0.25) is 9.59 Å². The number of fused-ring (bicyclic) bond motifs is 8. The number of hydrogen-bond acceptors (Lipinski definition) is 6. The van der Waals surface area contributed by atoms with E-state index in [9.17, 15) is 19.8 Å². The molecule has 0 unspecified atom stereocenters. The zero-order valence-electron chi connectivity index (χ0n) is 27.6. The Labute approximate surface area is 274 Å². The highest BCUT2D eigenvalue weighted by atomic mass is 16.5. The molecule has 8 aromatic rings. The Kier molecular flexibility index (Phi) is 6.08. The molecule has 0 aliphatic carbocycles. The number of nitrogens with zero attached hydrogens (tertiary/aromatic N) is 6. The molecule has 0 aliphatic rings. The molecule has 246 valence electrons. The number of phenolic OH excluding ortho intramolecular Hbond substituents is 2. The average Bonchev–Trinajstić information content (AvgIpc) is 3.87. The van der Waals surface area contributed by atoms with Crippen molar-refractivity contribution in [2.45, 2.75) is 65.2 Å². The van der Waals surface area contributed by atoms with Crippen LogP contribution in [0.1, 0.15) is 65.5 Å². The lowest BCUT2D eigenvalue weighted by molar-refractivity contribution is -0.140. The molecule has 12 nitrogen and oxygen atoms in total. The Bertz CT molecular complexity index is 2320. The van der Waals surface area contributed by atoms with E-state index in [1.807, 2.05) is 64.5 Å². The molecule has 0 atom stereocenters. The van der Waals surface area contributed by atoms with Crippen molar-refractivity contribution in [1.82, 2.24) is 28.1 Å². The van der Waals surface area contributed by atoms with Crippen LogP contribution in [-0.4, -0.2) is 50.3 Å². The van der Waals surface area contributed by atoms with Crippen LogP contribution in [0.25, 0.3) is 33.4 Å². The predicted molar refractivity (Wildman–Crippen MR) is 179 cm³/mol. The molecule has 0 fully saturated rings. The highest BCUT2D eigenvalue weighted by Gasteiger charge is 2.29. The first-order valence-corrected chi connectivity index (χ1v) is 15.9. The van der Waals surface area contributed by atoms with Crippen molar-refractivity contribution in [3.8, 4) is 34.4 Å². The number of carbonyl (C=O) groups is 2. The Hall–Kier alpha value is -5.78. The van der Waals surface area contributed by atoms with Gasteiger partial charge in [-0.05, 0) is 70.5 Å². The molecule has 8 rings (SSSR count). The molecule has 0 saturated carbocycles. The minimum atomic E-state index is -0.550. The van der Waals surface area contributed by atoms with Gasteiger partial charge in [-0.2, -0.15) is 0 Å². The first-order valence-electron chi connectivity index (χ1n) is 15.9. The summed E-state index contributed by atoms with van der Waals surface area (Å²) >= 11 is 0. The van der Waals surface area contributed by atoms with Gasteiger partial charge in [0.2, 0.25) is 0 Å². The summed E-state index contributed by atoms with van der Waals surface area (Å²) in [6, 6.07) is 21.8. The van der Waals surface area contributed by atoms with Gasteiger partial charge in [0.15, 0.2) is 0 Å². The molecule has 0 bridgehead atoms. The van der Waals surface area contributed by atoms with Crippen LogP contribution >= 0.6 is 0 Å². The Morgan fingerprint density at radius 2 is 0.917 bits per heavy atom. The van der Waals surface area contributed by atoms with Gasteiger partial charge in [0.1, 0.15) is 56.4 Å². The second kappa shape index (κ2) is 9.86. The van der Waals surface area contributed by atoms with Crippen LogP contribution in [-0.2, 0) is 20.4 Å². The lowest BCUT2D eigenvalue weighted by Gasteiger charge is -2.19. The normalized spacial score (nSPS) is 12.9. The second-order valence-corrected chi connectivity index (χ2v) is 14.4. The molecule has 12 heteroatoms. The minimum absolute atomic E-state index is 0.0750. The summed E-state index contributed by atoms with van der Waals surface area (Å²) in [7, 11) is 0. The van der Waals surface area contributed by atoms with Gasteiger partial charge in [-0.15, -0.1) is 28.1 Å². The molecule has 0 radical (unpaired) electrons. The minimum Gasteiger partial charge on any atom is -0.506 e. The van der Waals surface area contributed by atoms with E-state index in [4.69, 9.17) is 9.47 Å². The maximum atomic E-state index is 12.6. The number of hydrogen-bond donors (Lipinski definition) is 2. The van der Waals surface area contributed by atoms with Crippen LogP contribution in [0.4, 0.5) is 0 Å². The van der Waals surface area contributed by atoms with Crippen LogP contribution in [0.3, 0.4) is 0 Å². The van der Waals surface area contributed by atoms with Gasteiger partial charge in [-0.25, -0.2) is 0 Å². The van der Waals surface area contributed by atoms with Crippen molar-refractivity contribution in [2.24, 2.45) is 0 Å². The molecule has 0 aliphatic heterocycles. The number of carbonyl (C=O) groups excluding carboxylic acids is 2. The number of benzene rings is 4. The van der Waals surface area contributed by atoms with Crippen molar-refractivity contribution >= 4 is 34.0 Å². The lowest BCUT2D eigenvalue weighted by Crippen LogP contribution is -2.14. The topological polar surface area (TPSA) is 121 Å². The molecule has 4 aromatic carbocycles. The standard InChI is InChI=1S/C36H36N6O6/c1-35(2,3)21-7-13-31(43)29(17-21)41-37-25-11-9-23(19-27(25)39(37)41)47-33(45)15-16-34(46)48-24-10-12-26-28(20-24)40-38(26)42(40)30-18-22(36(4,5)6)8-14-32(30)44/h7-14,17-20,43-44H,15-16H2,1-6H3. The average molecular weight is 649 g/mol. The fourth-order valence-electron chi connectivity index (χ4n) is 6.05. The smallest absolute Gasteiger partial charge is 0.311 e. The van der Waals surface area contributed by atoms with Gasteiger partial charge in [0, 0.05) is 12.1 Å². The summed E-state index contributed by atoms with van der Waals surface area (Å²) in [6.45, 7) is 12.7. The third kappa shape index (κ3) is 4.66. The molecule has 48 heavy (non-hydrogen) atoms. The number of esters is 2. The highest BCUT2D eigenvalue weighted by molar-refractivity contribution is 5.85. The zero-order valence-corrected chi connectivity index (χ0v) is 27.6. The summed E-state index contributed by atoms with van der Waals surface area (Å²) in [5.41, 5.74) is 6.88. The van der Waals surface area contributed by atoms with Crippen molar-refractivity contribution in [1.29, 1.82) is 0 Å². The quantitative estimate of drug-likeness (QED) is 0.151. The van der Waals surface area contributed by atoms with Crippen LogP contribution in [0.2, 0.25) is 0 Å². The molecule has 4 heterocycles. The SMILES string of the molecule is CC(C)(C)c1ccc(O)c(-n2n3c4ccc(OC(=O)CCC(=O)Oc5ccc6c(c5)n5n(-c7cc(C(C)(C)C)ccc7O)n65)cc4n23)c1. The van der Waals surface area contributed by atoms with E-state index in [-0.39, 0.29) is 35.2 Å². The Morgan fingerprint density at radius 3 is 1.29 bits per heavy atom. The number of aromatic hydroxyl groups is 2. The maximum Gasteiger partial charge on any atom is 0.311 e. The Morgan fingerprint density at radius 1 is 0.542 bits per heavy atom. The number of rotatable bonds is 7. The molecule has 0 saturated heterocycles. The third-order valence-electron chi connectivity index (χ3n) is 8.88. The van der Waals surface area contributed by atoms with Crippen LogP contribution in [0, 0.1) is 0 Å². The molecular formula is C36H36N6O6. The highest BCUT2D eigenvalue weighted by Crippen LogP contribution is 2.37. The Balaban J connectivity index is 0.905. The monoisotopic (exact) mass is 648 g/mol. The molecule has 0 spiro atoms. The number of aromatic nitrogens is 6. The van der Waals surface area contributed by atoms with E-state index in [0.29, 0.717) is 22.9 Å². The largest absolute Gasteiger partial charge is 0.506 e. The summed E-state index contributed by atoms with van der Waals surface area (Å²) in [6.07, 6.45) is -0.291. The summed E-state index contributed by atoms with van der Waals surface area (Å²) in [5.74, 6) is -0.0394. The summed E-state index contributed by atoms with van der Waals surface area (Å²) in [4.78, 5) is 29.0. The summed E-state index contributed by atoms with van der Waals surface area (Å²) in [5, 5.41) is 21.1. The first kappa shape index (κ1) is 29.6. The second-order valence-electron chi connectivity index (χ2n) is 14.4. The molecule has 2 N–H and O–H groups in total. The third-order valence-corrected chi connectivity index (χ3v) is 8.88. The molecular weight excluding hydrogens is 612 g/mol. The summed E-state index contributed by atoms with van der Waals surface area (Å²) < 4.78 is 18.7. The first-order chi connectivity index (χ1) is 22.7. The van der Waals surface area contributed by atoms with E-state index >= 15 is 0 Å². The fraction of sp³-hybridized carbons (Fsp3) is 0.278. The van der Waals surface area contributed by atoms with Crippen LogP contribution < -0.4 is 9.47 Å². The number of phenols is 2. The van der Waals surface area contributed by atoms with Gasteiger partial charge < -0.3 is 19.7 Å². The van der Waals surface area contributed by atoms with Gasteiger partial charge in [0.05, 0.1) is 12.8 Å². The lowest BCUT2D eigenvalue weighted by atomic mass is 9.87. The fourth-order valence-corrected chi connectivity index (χ4v) is 6.05. The predicted octanol–water partition coefficient (Wildman–Crippen LogP) is 6.45. The van der Waals surface area contributed by atoms with Crippen LogP contribution in [0.15, 0.2) is 72.8 Å². The molecule has 0 amide bonds.